The van der Waals surface area contributed by atoms with Crippen molar-refractivity contribution in [2.45, 2.75) is 70.4 Å². The van der Waals surface area contributed by atoms with Gasteiger partial charge in [-0.3, -0.25) is 9.88 Å². The van der Waals surface area contributed by atoms with Crippen LogP contribution >= 0.6 is 0 Å². The Hall–Kier alpha value is -3.34. The minimum Gasteiger partial charge on any atom is -0.361 e. The fourth-order valence-electron chi connectivity index (χ4n) is 6.04. The topological polar surface area (TPSA) is 80.0 Å². The fourth-order valence-corrected chi connectivity index (χ4v) is 6.04. The van der Waals surface area contributed by atoms with Gasteiger partial charge in [-0.1, -0.05) is 17.3 Å². The zero-order chi connectivity index (χ0) is 26.6. The molecule has 11 heteroatoms. The highest BCUT2D eigenvalue weighted by molar-refractivity contribution is 5.85. The Bertz CT molecular complexity index is 1380. The zero-order valence-electron chi connectivity index (χ0n) is 21.1. The predicted octanol–water partition coefficient (Wildman–Crippen LogP) is 5.53. The summed E-state index contributed by atoms with van der Waals surface area (Å²) in [7, 11) is 0. The normalized spacial score (nSPS) is 23.6. The third-order valence-corrected chi connectivity index (χ3v) is 7.83. The maximum Gasteiger partial charge on any atom is 0.419 e. The standard InChI is InChI=1S/C27H28F4N6O/c1-14-24(15(2)38-36-14)22-9-6-17-18(7-8-20(17)33-22)25-19(27(29,30)31)12-32-26(35-25)34-21-4-3-5-23(21)37-11-10-16(28)13-37/h6-7,9,12,16,21,23H,3-5,8,10-11,13H2,1-2H3,(H,32,34,35)/t16-,21-,23-/m0/s1. The second-order valence-electron chi connectivity index (χ2n) is 10.3. The number of halogens is 4. The predicted molar refractivity (Wildman–Crippen MR) is 133 cm³/mol. The van der Waals surface area contributed by atoms with Gasteiger partial charge in [0, 0.05) is 48.9 Å². The number of nitrogens with zero attached hydrogens (tertiary/aromatic N) is 5. The monoisotopic (exact) mass is 528 g/mol. The number of allylic oxidation sites excluding steroid dienone is 1. The molecular formula is C27H28F4N6O. The third kappa shape index (κ3) is 4.46. The van der Waals surface area contributed by atoms with Gasteiger partial charge in [0.2, 0.25) is 5.95 Å². The smallest absolute Gasteiger partial charge is 0.361 e. The van der Waals surface area contributed by atoms with Crippen LogP contribution in [0.1, 0.15) is 59.7 Å². The third-order valence-electron chi connectivity index (χ3n) is 7.83. The summed E-state index contributed by atoms with van der Waals surface area (Å²) in [6, 6.07) is 3.62. The highest BCUT2D eigenvalue weighted by atomic mass is 19.4. The molecule has 38 heavy (non-hydrogen) atoms. The van der Waals surface area contributed by atoms with Crippen molar-refractivity contribution >= 4 is 11.5 Å². The SMILES string of the molecule is Cc1noc(C)c1-c1ccc2c(n1)CC=C2c1nc(N[C@H]2CCC[C@@H]2N2CC[C@H](F)C2)ncc1C(F)(F)F. The maximum atomic E-state index is 14.1. The number of anilines is 1. The van der Waals surface area contributed by atoms with Gasteiger partial charge < -0.3 is 9.84 Å². The molecule has 3 aromatic rings. The van der Waals surface area contributed by atoms with Crippen molar-refractivity contribution in [3.8, 4) is 11.3 Å². The Labute approximate surface area is 217 Å². The first kappa shape index (κ1) is 25.0. The van der Waals surface area contributed by atoms with Gasteiger partial charge in [0.15, 0.2) is 0 Å². The molecular weight excluding hydrogens is 500 g/mol. The minimum absolute atomic E-state index is 0.0472. The molecule has 3 aliphatic rings. The summed E-state index contributed by atoms with van der Waals surface area (Å²) < 4.78 is 61.2. The molecule has 0 aromatic carbocycles. The van der Waals surface area contributed by atoms with Crippen LogP contribution in [0.25, 0.3) is 16.8 Å². The van der Waals surface area contributed by atoms with Crippen molar-refractivity contribution in [1.82, 2.24) is 25.0 Å². The molecule has 1 aliphatic heterocycles. The maximum absolute atomic E-state index is 14.1. The molecule has 200 valence electrons. The van der Waals surface area contributed by atoms with Crippen LogP contribution in [0.3, 0.4) is 0 Å². The number of aryl methyl sites for hydroxylation is 2. The molecule has 4 heterocycles. The van der Waals surface area contributed by atoms with E-state index >= 15 is 0 Å². The molecule has 3 aromatic heterocycles. The number of fused-ring (bicyclic) bond motifs is 1. The van der Waals surface area contributed by atoms with E-state index in [9.17, 15) is 17.6 Å². The molecule has 1 saturated carbocycles. The van der Waals surface area contributed by atoms with E-state index in [0.717, 1.165) is 31.0 Å². The summed E-state index contributed by atoms with van der Waals surface area (Å²) >= 11 is 0. The fraction of sp³-hybridized carbons (Fsp3) is 0.481. The number of hydrogen-bond donors (Lipinski definition) is 1. The van der Waals surface area contributed by atoms with Crippen LogP contribution in [0.2, 0.25) is 0 Å². The Balaban J connectivity index is 1.32. The minimum atomic E-state index is -4.62. The van der Waals surface area contributed by atoms with E-state index in [2.05, 4.69) is 25.3 Å². The Kier molecular flexibility index (Phi) is 6.20. The summed E-state index contributed by atoms with van der Waals surface area (Å²) in [6.07, 6.45) is 0.746. The van der Waals surface area contributed by atoms with Gasteiger partial charge in [0.05, 0.1) is 28.3 Å². The lowest BCUT2D eigenvalue weighted by Gasteiger charge is -2.29. The van der Waals surface area contributed by atoms with E-state index in [1.165, 1.54) is 0 Å². The van der Waals surface area contributed by atoms with Gasteiger partial charge in [0.1, 0.15) is 17.5 Å². The summed E-state index contributed by atoms with van der Waals surface area (Å²) in [4.78, 5) is 15.3. The molecule has 0 bridgehead atoms. The molecule has 3 atom stereocenters. The van der Waals surface area contributed by atoms with Crippen molar-refractivity contribution in [1.29, 1.82) is 0 Å². The molecule has 1 N–H and O–H groups in total. The first-order chi connectivity index (χ1) is 18.2. The molecule has 6 rings (SSSR count). The average molecular weight is 529 g/mol. The summed E-state index contributed by atoms with van der Waals surface area (Å²) in [5.41, 5.74) is 2.77. The lowest BCUT2D eigenvalue weighted by Crippen LogP contribution is -2.43. The number of aromatic nitrogens is 4. The lowest BCUT2D eigenvalue weighted by molar-refractivity contribution is -0.138. The van der Waals surface area contributed by atoms with E-state index in [-0.39, 0.29) is 23.7 Å². The summed E-state index contributed by atoms with van der Waals surface area (Å²) in [5, 5.41) is 7.25. The van der Waals surface area contributed by atoms with Crippen LogP contribution in [0.5, 0.6) is 0 Å². The Morgan fingerprint density at radius 1 is 1.11 bits per heavy atom. The molecule has 1 saturated heterocycles. The molecule has 2 fully saturated rings. The van der Waals surface area contributed by atoms with Crippen LogP contribution < -0.4 is 5.32 Å². The van der Waals surface area contributed by atoms with Crippen molar-refractivity contribution < 1.29 is 22.1 Å². The van der Waals surface area contributed by atoms with E-state index in [1.807, 2.05) is 6.92 Å². The number of hydrogen-bond acceptors (Lipinski definition) is 7. The van der Waals surface area contributed by atoms with E-state index in [4.69, 9.17) is 9.51 Å². The zero-order valence-corrected chi connectivity index (χ0v) is 21.1. The first-order valence-corrected chi connectivity index (χ1v) is 12.9. The highest BCUT2D eigenvalue weighted by Crippen LogP contribution is 2.40. The van der Waals surface area contributed by atoms with Crippen molar-refractivity contribution in [3.63, 3.8) is 0 Å². The van der Waals surface area contributed by atoms with E-state index in [1.54, 1.807) is 25.1 Å². The van der Waals surface area contributed by atoms with Gasteiger partial charge in [-0.05, 0) is 45.6 Å². The average Bonchev–Trinajstić information content (AvgIpc) is 3.66. The second kappa shape index (κ2) is 9.44. The van der Waals surface area contributed by atoms with E-state index < -0.39 is 17.9 Å². The quantitative estimate of drug-likeness (QED) is 0.437. The lowest BCUT2D eigenvalue weighted by atomic mass is 10.0. The van der Waals surface area contributed by atoms with Crippen LogP contribution in [0, 0.1) is 13.8 Å². The van der Waals surface area contributed by atoms with Gasteiger partial charge in [-0.25, -0.2) is 14.4 Å². The van der Waals surface area contributed by atoms with Crippen molar-refractivity contribution in [2.24, 2.45) is 0 Å². The molecule has 2 aliphatic carbocycles. The first-order valence-electron chi connectivity index (χ1n) is 12.9. The molecule has 0 unspecified atom stereocenters. The van der Waals surface area contributed by atoms with Crippen LogP contribution in [-0.2, 0) is 12.6 Å². The molecule has 0 amide bonds. The number of nitrogens with one attached hydrogen (secondary N) is 1. The van der Waals surface area contributed by atoms with Gasteiger partial charge in [-0.2, -0.15) is 13.2 Å². The molecule has 0 spiro atoms. The number of alkyl halides is 4. The van der Waals surface area contributed by atoms with Gasteiger partial charge in [-0.15, -0.1) is 0 Å². The van der Waals surface area contributed by atoms with Gasteiger partial charge >= 0.3 is 6.18 Å². The number of pyridine rings is 1. The highest BCUT2D eigenvalue weighted by Gasteiger charge is 2.39. The largest absolute Gasteiger partial charge is 0.419 e. The van der Waals surface area contributed by atoms with E-state index in [0.29, 0.717) is 59.9 Å². The number of likely N-dealkylation sites (tertiary alicyclic amines) is 1. The van der Waals surface area contributed by atoms with Crippen molar-refractivity contribution in [3.05, 3.63) is 58.4 Å². The number of rotatable bonds is 5. The summed E-state index contributed by atoms with van der Waals surface area (Å²) in [6.45, 7) is 4.71. The Morgan fingerprint density at radius 3 is 2.66 bits per heavy atom. The molecule has 0 radical (unpaired) electrons. The molecule has 7 nitrogen and oxygen atoms in total. The second-order valence-corrected chi connectivity index (χ2v) is 10.3. The van der Waals surface area contributed by atoms with Crippen molar-refractivity contribution in [2.75, 3.05) is 18.4 Å². The Morgan fingerprint density at radius 2 is 1.95 bits per heavy atom. The summed E-state index contributed by atoms with van der Waals surface area (Å²) in [5.74, 6) is 0.781. The van der Waals surface area contributed by atoms with Gasteiger partial charge in [0.25, 0.3) is 0 Å². The van der Waals surface area contributed by atoms with Crippen LogP contribution in [0.4, 0.5) is 23.5 Å². The van der Waals surface area contributed by atoms with Crippen LogP contribution in [0.15, 0.2) is 28.9 Å². The van der Waals surface area contributed by atoms with Crippen LogP contribution in [-0.4, -0.2) is 56.4 Å².